The van der Waals surface area contributed by atoms with Gasteiger partial charge in [0.05, 0.1) is 12.0 Å². The number of benzene rings is 1. The fourth-order valence-electron chi connectivity index (χ4n) is 3.22. The molecule has 0 spiro atoms. The molecule has 124 valence electrons. The SMILES string of the molecule is NC(=O)N1CCC[C@@H]1COC(=O)[C@@H]1C[C@H]1c1c(F)cccc1Cl. The van der Waals surface area contributed by atoms with E-state index in [1.807, 2.05) is 0 Å². The number of nitrogens with two attached hydrogens (primary N) is 1. The molecule has 0 unspecified atom stereocenters. The first kappa shape index (κ1) is 16.1. The average Bonchev–Trinajstić information content (AvgIpc) is 3.12. The molecule has 23 heavy (non-hydrogen) atoms. The van der Waals surface area contributed by atoms with E-state index in [4.69, 9.17) is 22.1 Å². The molecule has 5 nitrogen and oxygen atoms in total. The predicted molar refractivity (Wildman–Crippen MR) is 82.5 cm³/mol. The minimum atomic E-state index is -0.494. The lowest BCUT2D eigenvalue weighted by Crippen LogP contribution is -2.42. The van der Waals surface area contributed by atoms with Crippen molar-refractivity contribution < 1.29 is 18.7 Å². The van der Waals surface area contributed by atoms with Crippen molar-refractivity contribution in [2.75, 3.05) is 13.2 Å². The molecule has 1 saturated heterocycles. The van der Waals surface area contributed by atoms with Crippen molar-refractivity contribution >= 4 is 23.6 Å². The molecule has 2 N–H and O–H groups in total. The molecular formula is C16H18ClFN2O3. The Balaban J connectivity index is 1.56. The van der Waals surface area contributed by atoms with Crippen LogP contribution in [0.3, 0.4) is 0 Å². The maximum Gasteiger partial charge on any atom is 0.315 e. The Hall–Kier alpha value is -1.82. The van der Waals surface area contributed by atoms with Gasteiger partial charge < -0.3 is 15.4 Å². The van der Waals surface area contributed by atoms with Gasteiger partial charge in [0.25, 0.3) is 0 Å². The van der Waals surface area contributed by atoms with E-state index in [2.05, 4.69) is 0 Å². The zero-order chi connectivity index (χ0) is 16.6. The number of urea groups is 1. The van der Waals surface area contributed by atoms with Gasteiger partial charge in [0.2, 0.25) is 0 Å². The van der Waals surface area contributed by atoms with Crippen molar-refractivity contribution in [2.45, 2.75) is 31.2 Å². The first-order valence-corrected chi connectivity index (χ1v) is 8.03. The highest BCUT2D eigenvalue weighted by atomic mass is 35.5. The van der Waals surface area contributed by atoms with Gasteiger partial charge in [0, 0.05) is 23.0 Å². The van der Waals surface area contributed by atoms with Crippen LogP contribution in [-0.2, 0) is 9.53 Å². The maximum absolute atomic E-state index is 13.9. The Morgan fingerprint density at radius 3 is 2.91 bits per heavy atom. The van der Waals surface area contributed by atoms with Crippen LogP contribution in [0.5, 0.6) is 0 Å². The largest absolute Gasteiger partial charge is 0.463 e. The van der Waals surface area contributed by atoms with Crippen LogP contribution in [0.15, 0.2) is 18.2 Å². The summed E-state index contributed by atoms with van der Waals surface area (Å²) in [5.41, 5.74) is 5.67. The summed E-state index contributed by atoms with van der Waals surface area (Å²) < 4.78 is 19.2. The lowest BCUT2D eigenvalue weighted by Gasteiger charge is -2.22. The van der Waals surface area contributed by atoms with Crippen LogP contribution < -0.4 is 5.73 Å². The van der Waals surface area contributed by atoms with Crippen LogP contribution in [-0.4, -0.2) is 36.1 Å². The highest BCUT2D eigenvalue weighted by Crippen LogP contribution is 2.51. The van der Waals surface area contributed by atoms with Gasteiger partial charge in [-0.2, -0.15) is 0 Å². The Morgan fingerprint density at radius 1 is 1.43 bits per heavy atom. The zero-order valence-corrected chi connectivity index (χ0v) is 13.3. The van der Waals surface area contributed by atoms with Crippen LogP contribution in [0, 0.1) is 11.7 Å². The van der Waals surface area contributed by atoms with Gasteiger partial charge in [0.1, 0.15) is 12.4 Å². The summed E-state index contributed by atoms with van der Waals surface area (Å²) >= 11 is 6.02. The molecule has 1 aromatic carbocycles. The first-order valence-electron chi connectivity index (χ1n) is 7.65. The second-order valence-corrected chi connectivity index (χ2v) is 6.45. The van der Waals surface area contributed by atoms with Crippen LogP contribution >= 0.6 is 11.6 Å². The second kappa shape index (κ2) is 6.35. The Morgan fingerprint density at radius 2 is 2.22 bits per heavy atom. The summed E-state index contributed by atoms with van der Waals surface area (Å²) in [6.45, 7) is 0.727. The fraction of sp³-hybridized carbons (Fsp3) is 0.500. The Bertz CT molecular complexity index is 620. The lowest BCUT2D eigenvalue weighted by atomic mass is 10.1. The van der Waals surface area contributed by atoms with Gasteiger partial charge in [-0.05, 0) is 31.4 Å². The van der Waals surface area contributed by atoms with Crippen molar-refractivity contribution in [1.29, 1.82) is 0 Å². The summed E-state index contributed by atoms with van der Waals surface area (Å²) in [6, 6.07) is 3.83. The summed E-state index contributed by atoms with van der Waals surface area (Å²) in [6.07, 6.45) is 2.15. The quantitative estimate of drug-likeness (QED) is 0.856. The minimum absolute atomic E-state index is 0.135. The molecule has 1 aromatic rings. The van der Waals surface area contributed by atoms with E-state index in [9.17, 15) is 14.0 Å². The van der Waals surface area contributed by atoms with Crippen LogP contribution in [0.1, 0.15) is 30.7 Å². The molecule has 0 aromatic heterocycles. The minimum Gasteiger partial charge on any atom is -0.463 e. The number of nitrogens with zero attached hydrogens (tertiary/aromatic N) is 1. The third-order valence-electron chi connectivity index (χ3n) is 4.54. The second-order valence-electron chi connectivity index (χ2n) is 6.04. The van der Waals surface area contributed by atoms with E-state index in [0.29, 0.717) is 23.6 Å². The molecule has 3 atom stereocenters. The molecule has 2 fully saturated rings. The van der Waals surface area contributed by atoms with Crippen LogP contribution in [0.25, 0.3) is 0 Å². The number of carbonyl (C=O) groups excluding carboxylic acids is 2. The van der Waals surface area contributed by atoms with E-state index in [1.165, 1.54) is 17.0 Å². The molecule has 0 radical (unpaired) electrons. The van der Waals surface area contributed by atoms with Gasteiger partial charge in [0.15, 0.2) is 0 Å². The summed E-state index contributed by atoms with van der Waals surface area (Å²) in [5, 5.41) is 0.334. The molecule has 2 amide bonds. The molecule has 1 aliphatic carbocycles. The van der Waals surface area contributed by atoms with Gasteiger partial charge in [-0.15, -0.1) is 0 Å². The third kappa shape index (κ3) is 3.27. The monoisotopic (exact) mass is 340 g/mol. The van der Waals surface area contributed by atoms with Crippen LogP contribution in [0.4, 0.5) is 9.18 Å². The van der Waals surface area contributed by atoms with Gasteiger partial charge in [-0.3, -0.25) is 4.79 Å². The molecule has 2 aliphatic rings. The number of amides is 2. The van der Waals surface area contributed by atoms with E-state index < -0.39 is 11.8 Å². The summed E-state index contributed by atoms with van der Waals surface area (Å²) in [4.78, 5) is 24.9. The maximum atomic E-state index is 13.9. The van der Waals surface area contributed by atoms with E-state index >= 15 is 0 Å². The standard InChI is InChI=1S/C16H18ClFN2O3/c17-12-4-1-5-13(18)14(12)10-7-11(10)15(21)23-8-9-3-2-6-20(9)16(19)22/h1,4-5,9-11H,2-3,6-8H2,(H2,19,22)/t9-,10-,11-/m1/s1. The predicted octanol–water partition coefficient (Wildman–Crippen LogP) is 2.67. The number of hydrogen-bond acceptors (Lipinski definition) is 3. The van der Waals surface area contributed by atoms with Crippen LogP contribution in [0.2, 0.25) is 5.02 Å². The highest BCUT2D eigenvalue weighted by Gasteiger charge is 2.47. The van der Waals surface area contributed by atoms with Crippen molar-refractivity contribution in [2.24, 2.45) is 11.7 Å². The fourth-order valence-corrected chi connectivity index (χ4v) is 3.53. The molecular weight excluding hydrogens is 323 g/mol. The van der Waals surface area contributed by atoms with Crippen molar-refractivity contribution in [3.63, 3.8) is 0 Å². The average molecular weight is 341 g/mol. The smallest absolute Gasteiger partial charge is 0.315 e. The van der Waals surface area contributed by atoms with E-state index in [-0.39, 0.29) is 30.5 Å². The van der Waals surface area contributed by atoms with Crippen molar-refractivity contribution in [3.8, 4) is 0 Å². The molecule has 0 bridgehead atoms. The summed E-state index contributed by atoms with van der Waals surface area (Å²) in [5.74, 6) is -1.36. The number of esters is 1. The highest BCUT2D eigenvalue weighted by molar-refractivity contribution is 6.31. The zero-order valence-electron chi connectivity index (χ0n) is 12.5. The molecule has 1 heterocycles. The van der Waals surface area contributed by atoms with Gasteiger partial charge in [-0.1, -0.05) is 17.7 Å². The lowest BCUT2D eigenvalue weighted by molar-refractivity contribution is -0.146. The molecule has 7 heteroatoms. The topological polar surface area (TPSA) is 72.6 Å². The number of primary amides is 1. The third-order valence-corrected chi connectivity index (χ3v) is 4.87. The molecule has 1 aliphatic heterocycles. The van der Waals surface area contributed by atoms with Crippen molar-refractivity contribution in [1.82, 2.24) is 4.90 Å². The van der Waals surface area contributed by atoms with E-state index in [1.54, 1.807) is 6.07 Å². The van der Waals surface area contributed by atoms with Gasteiger partial charge in [-0.25, -0.2) is 9.18 Å². The number of carbonyl (C=O) groups is 2. The number of likely N-dealkylation sites (tertiary alicyclic amines) is 1. The number of rotatable bonds is 4. The Kier molecular flexibility index (Phi) is 4.43. The molecule has 1 saturated carbocycles. The van der Waals surface area contributed by atoms with Gasteiger partial charge >= 0.3 is 12.0 Å². The normalized spacial score (nSPS) is 26.2. The number of hydrogen-bond donors (Lipinski definition) is 1. The summed E-state index contributed by atoms with van der Waals surface area (Å²) in [7, 11) is 0. The first-order chi connectivity index (χ1) is 11.0. The van der Waals surface area contributed by atoms with E-state index in [0.717, 1.165) is 12.8 Å². The Labute approximate surface area is 138 Å². The molecule has 3 rings (SSSR count). The number of ether oxygens (including phenoxy) is 1. The number of halogens is 2. The van der Waals surface area contributed by atoms with Crippen molar-refractivity contribution in [3.05, 3.63) is 34.6 Å².